The van der Waals surface area contributed by atoms with E-state index in [4.69, 9.17) is 15.2 Å². The number of benzene rings is 2. The summed E-state index contributed by atoms with van der Waals surface area (Å²) < 4.78 is 10.9. The van der Waals surface area contributed by atoms with Crippen LogP contribution < -0.4 is 20.5 Å². The third-order valence-electron chi connectivity index (χ3n) is 3.52. The second-order valence-corrected chi connectivity index (χ2v) is 5.23. The minimum Gasteiger partial charge on any atom is -0.495 e. The number of rotatable bonds is 6. The maximum atomic E-state index is 12.4. The predicted molar refractivity (Wildman–Crippen MR) is 99.2 cm³/mol. The first-order chi connectivity index (χ1) is 11.0. The number of nitrogens with two attached hydrogens (primary N) is 1. The quantitative estimate of drug-likeness (QED) is 0.777. The van der Waals surface area contributed by atoms with Crippen molar-refractivity contribution < 1.29 is 14.3 Å². The number of para-hydroxylation sites is 1. The van der Waals surface area contributed by atoms with Crippen LogP contribution in [0.15, 0.2) is 42.5 Å². The highest BCUT2D eigenvalue weighted by atomic mass is 35.5. The summed E-state index contributed by atoms with van der Waals surface area (Å²) in [6.07, 6.45) is -0.00866. The molecule has 2 rings (SSSR count). The van der Waals surface area contributed by atoms with Crippen molar-refractivity contribution in [2.24, 2.45) is 0 Å². The van der Waals surface area contributed by atoms with E-state index in [9.17, 15) is 4.79 Å². The van der Waals surface area contributed by atoms with Crippen molar-refractivity contribution in [3.63, 3.8) is 0 Å². The summed E-state index contributed by atoms with van der Waals surface area (Å²) in [7, 11) is 1.55. The fourth-order valence-electron chi connectivity index (χ4n) is 2.20. The zero-order chi connectivity index (χ0) is 16.8. The van der Waals surface area contributed by atoms with Gasteiger partial charge in [-0.05, 0) is 43.2 Å². The Bertz CT molecular complexity index is 692. The molecular weight excluding hydrogens is 328 g/mol. The van der Waals surface area contributed by atoms with Crippen LogP contribution in [0, 0.1) is 6.92 Å². The third kappa shape index (κ3) is 4.80. The summed E-state index contributed by atoms with van der Waals surface area (Å²) in [6.45, 7) is 3.86. The number of nitrogens with one attached hydrogen (secondary N) is 1. The van der Waals surface area contributed by atoms with Gasteiger partial charge in [0.2, 0.25) is 0 Å². The monoisotopic (exact) mass is 350 g/mol. The molecule has 0 saturated heterocycles. The molecule has 5 nitrogen and oxygen atoms in total. The van der Waals surface area contributed by atoms with Gasteiger partial charge in [0.15, 0.2) is 6.10 Å². The van der Waals surface area contributed by atoms with Crippen LogP contribution in [0.3, 0.4) is 0 Å². The Kier molecular flexibility index (Phi) is 7.39. The van der Waals surface area contributed by atoms with Crippen molar-refractivity contribution in [1.29, 1.82) is 0 Å². The number of carbonyl (C=O) groups excluding carboxylic acids is 1. The van der Waals surface area contributed by atoms with Gasteiger partial charge < -0.3 is 20.5 Å². The summed E-state index contributed by atoms with van der Waals surface area (Å²) >= 11 is 0. The lowest BCUT2D eigenvalue weighted by Crippen LogP contribution is -2.32. The molecule has 3 N–H and O–H groups in total. The van der Waals surface area contributed by atoms with Crippen LogP contribution in [-0.2, 0) is 4.79 Å². The smallest absolute Gasteiger partial charge is 0.265 e. The van der Waals surface area contributed by atoms with Crippen molar-refractivity contribution in [1.82, 2.24) is 0 Å². The molecule has 6 heteroatoms. The first-order valence-electron chi connectivity index (χ1n) is 7.51. The molecule has 0 saturated carbocycles. The highest BCUT2D eigenvalue weighted by molar-refractivity contribution is 5.95. The average Bonchev–Trinajstić information content (AvgIpc) is 2.54. The Labute approximate surface area is 148 Å². The second kappa shape index (κ2) is 9.03. The molecule has 0 bridgehead atoms. The Morgan fingerprint density at radius 1 is 1.21 bits per heavy atom. The van der Waals surface area contributed by atoms with Crippen LogP contribution in [-0.4, -0.2) is 19.1 Å². The molecule has 0 heterocycles. The number of hydrogen-bond donors (Lipinski definition) is 2. The van der Waals surface area contributed by atoms with E-state index < -0.39 is 6.10 Å². The van der Waals surface area contributed by atoms with E-state index in [2.05, 4.69) is 5.32 Å². The molecule has 0 aliphatic rings. The van der Waals surface area contributed by atoms with Crippen molar-refractivity contribution in [3.8, 4) is 11.5 Å². The lowest BCUT2D eigenvalue weighted by molar-refractivity contribution is -0.122. The van der Waals surface area contributed by atoms with Gasteiger partial charge in [0.1, 0.15) is 11.5 Å². The molecule has 0 aliphatic heterocycles. The van der Waals surface area contributed by atoms with Gasteiger partial charge in [-0.3, -0.25) is 4.79 Å². The SMILES string of the molecule is CCC(Oc1ccccc1C)C(=O)Nc1ccc(OC)c(N)c1.Cl. The normalized spacial score (nSPS) is 11.1. The van der Waals surface area contributed by atoms with Crippen LogP contribution in [0.4, 0.5) is 11.4 Å². The summed E-state index contributed by atoms with van der Waals surface area (Å²) in [5.74, 6) is 1.08. The van der Waals surface area contributed by atoms with E-state index in [1.54, 1.807) is 25.3 Å². The molecule has 0 aliphatic carbocycles. The Balaban J connectivity index is 0.00000288. The highest BCUT2D eigenvalue weighted by Crippen LogP contribution is 2.25. The number of nitrogen functional groups attached to an aromatic ring is 1. The fraction of sp³-hybridized carbons (Fsp3) is 0.278. The third-order valence-corrected chi connectivity index (χ3v) is 3.52. The summed E-state index contributed by atoms with van der Waals surface area (Å²) in [5, 5.41) is 2.83. The van der Waals surface area contributed by atoms with Crippen molar-refractivity contribution in [3.05, 3.63) is 48.0 Å². The molecular formula is C18H23ClN2O3. The Morgan fingerprint density at radius 3 is 2.50 bits per heavy atom. The number of methoxy groups -OCH3 is 1. The minimum atomic E-state index is -0.570. The largest absolute Gasteiger partial charge is 0.495 e. The minimum absolute atomic E-state index is 0. The predicted octanol–water partition coefficient (Wildman–Crippen LogP) is 3.80. The summed E-state index contributed by atoms with van der Waals surface area (Å²) in [5.41, 5.74) is 7.93. The number of halogens is 1. The highest BCUT2D eigenvalue weighted by Gasteiger charge is 2.19. The molecule has 0 aromatic heterocycles. The van der Waals surface area contributed by atoms with Crippen LogP contribution in [0.2, 0.25) is 0 Å². The van der Waals surface area contributed by atoms with Crippen molar-refractivity contribution >= 4 is 29.7 Å². The van der Waals surface area contributed by atoms with Crippen LogP contribution in [0.1, 0.15) is 18.9 Å². The van der Waals surface area contributed by atoms with Gasteiger partial charge in [-0.15, -0.1) is 12.4 Å². The number of aryl methyl sites for hydroxylation is 1. The molecule has 1 atom stereocenters. The molecule has 24 heavy (non-hydrogen) atoms. The molecule has 2 aromatic rings. The topological polar surface area (TPSA) is 73.6 Å². The molecule has 2 aromatic carbocycles. The van der Waals surface area contributed by atoms with E-state index in [1.165, 1.54) is 0 Å². The number of carbonyl (C=O) groups is 1. The molecule has 0 fully saturated rings. The van der Waals surface area contributed by atoms with Gasteiger partial charge in [-0.1, -0.05) is 25.1 Å². The van der Waals surface area contributed by atoms with Gasteiger partial charge in [0.05, 0.1) is 12.8 Å². The van der Waals surface area contributed by atoms with Crippen molar-refractivity contribution in [2.45, 2.75) is 26.4 Å². The van der Waals surface area contributed by atoms with E-state index in [-0.39, 0.29) is 18.3 Å². The van der Waals surface area contributed by atoms with E-state index in [1.807, 2.05) is 38.1 Å². The molecule has 0 spiro atoms. The van der Waals surface area contributed by atoms with Crippen molar-refractivity contribution in [2.75, 3.05) is 18.2 Å². The molecule has 0 radical (unpaired) electrons. The van der Waals surface area contributed by atoms with Gasteiger partial charge >= 0.3 is 0 Å². The van der Waals surface area contributed by atoms with Gasteiger partial charge in [0.25, 0.3) is 5.91 Å². The van der Waals surface area contributed by atoms with Crippen LogP contribution >= 0.6 is 12.4 Å². The molecule has 130 valence electrons. The lowest BCUT2D eigenvalue weighted by Gasteiger charge is -2.19. The van der Waals surface area contributed by atoms with Gasteiger partial charge in [-0.2, -0.15) is 0 Å². The average molecular weight is 351 g/mol. The van der Waals surface area contributed by atoms with Gasteiger partial charge in [-0.25, -0.2) is 0 Å². The maximum Gasteiger partial charge on any atom is 0.265 e. The van der Waals surface area contributed by atoms with E-state index >= 15 is 0 Å². The number of amides is 1. The number of hydrogen-bond acceptors (Lipinski definition) is 4. The van der Waals surface area contributed by atoms with Gasteiger partial charge in [0, 0.05) is 5.69 Å². The van der Waals surface area contributed by atoms with E-state index in [0.29, 0.717) is 29.3 Å². The fourth-order valence-corrected chi connectivity index (χ4v) is 2.20. The Morgan fingerprint density at radius 2 is 1.92 bits per heavy atom. The Hall–Kier alpha value is -2.40. The summed E-state index contributed by atoms with van der Waals surface area (Å²) in [4.78, 5) is 12.4. The standard InChI is InChI=1S/C18H22N2O3.ClH/c1-4-15(23-16-8-6-5-7-12(16)2)18(21)20-13-9-10-17(22-3)14(19)11-13;/h5-11,15H,4,19H2,1-3H3,(H,20,21);1H. The number of ether oxygens (including phenoxy) is 2. The maximum absolute atomic E-state index is 12.4. The van der Waals surface area contributed by atoms with Crippen LogP contribution in [0.5, 0.6) is 11.5 Å². The first kappa shape index (κ1) is 19.6. The first-order valence-corrected chi connectivity index (χ1v) is 7.51. The lowest BCUT2D eigenvalue weighted by atomic mass is 10.2. The summed E-state index contributed by atoms with van der Waals surface area (Å²) in [6, 6.07) is 12.8. The second-order valence-electron chi connectivity index (χ2n) is 5.23. The van der Waals surface area contributed by atoms with Crippen LogP contribution in [0.25, 0.3) is 0 Å². The van der Waals surface area contributed by atoms with E-state index in [0.717, 1.165) is 5.56 Å². The zero-order valence-corrected chi connectivity index (χ0v) is 14.9. The number of anilines is 2. The molecule has 1 amide bonds. The zero-order valence-electron chi connectivity index (χ0n) is 14.0. The molecule has 1 unspecified atom stereocenters.